The zero-order chi connectivity index (χ0) is 10.1. The van der Waals surface area contributed by atoms with Gasteiger partial charge in [-0.1, -0.05) is 24.6 Å². The summed E-state index contributed by atoms with van der Waals surface area (Å²) in [5.74, 6) is 0. The van der Waals surface area contributed by atoms with Crippen LogP contribution in [0.2, 0.25) is 4.34 Å². The first-order valence-corrected chi connectivity index (χ1v) is 5.61. The predicted octanol–water partition coefficient (Wildman–Crippen LogP) is 3.93. The minimum atomic E-state index is 0.586. The Bertz CT molecular complexity index is 487. The van der Waals surface area contributed by atoms with Crippen molar-refractivity contribution in [2.45, 2.75) is 13.3 Å². The van der Waals surface area contributed by atoms with Gasteiger partial charge < -0.3 is 0 Å². The first-order chi connectivity index (χ1) is 6.76. The van der Waals surface area contributed by atoms with Crippen molar-refractivity contribution in [1.82, 2.24) is 0 Å². The van der Waals surface area contributed by atoms with Gasteiger partial charge in [0.25, 0.3) is 0 Å². The van der Waals surface area contributed by atoms with Crippen LogP contribution >= 0.6 is 22.9 Å². The van der Waals surface area contributed by atoms with E-state index in [-0.39, 0.29) is 0 Å². The zero-order valence-electron chi connectivity index (χ0n) is 7.71. The Morgan fingerprint density at radius 2 is 2.29 bits per heavy atom. The molecule has 0 aliphatic heterocycles. The van der Waals surface area contributed by atoms with Gasteiger partial charge in [-0.3, -0.25) is 4.79 Å². The average Bonchev–Trinajstić information content (AvgIpc) is 2.52. The average molecular weight is 225 g/mol. The van der Waals surface area contributed by atoms with Crippen molar-refractivity contribution < 1.29 is 4.79 Å². The maximum Gasteiger partial charge on any atom is 0.153 e. The van der Waals surface area contributed by atoms with Gasteiger partial charge in [-0.15, -0.1) is 11.3 Å². The van der Waals surface area contributed by atoms with E-state index in [1.54, 1.807) is 0 Å². The number of aldehydes is 1. The minimum absolute atomic E-state index is 0.586. The normalized spacial score (nSPS) is 10.7. The monoisotopic (exact) mass is 224 g/mol. The van der Waals surface area contributed by atoms with Crippen molar-refractivity contribution in [3.05, 3.63) is 33.7 Å². The summed E-state index contributed by atoms with van der Waals surface area (Å²) in [6.45, 7) is 2.09. The van der Waals surface area contributed by atoms with Gasteiger partial charge in [0.2, 0.25) is 0 Å². The highest BCUT2D eigenvalue weighted by molar-refractivity contribution is 7.23. The Kier molecular flexibility index (Phi) is 2.57. The highest BCUT2D eigenvalue weighted by Gasteiger charge is 2.09. The predicted molar refractivity (Wildman–Crippen MR) is 61.6 cm³/mol. The quantitative estimate of drug-likeness (QED) is 0.707. The maximum absolute atomic E-state index is 10.8. The third kappa shape index (κ3) is 1.45. The van der Waals surface area contributed by atoms with E-state index in [1.807, 2.05) is 12.1 Å². The minimum Gasteiger partial charge on any atom is -0.298 e. The summed E-state index contributed by atoms with van der Waals surface area (Å²) in [4.78, 5) is 10.8. The molecule has 0 saturated heterocycles. The topological polar surface area (TPSA) is 17.1 Å². The Morgan fingerprint density at radius 3 is 2.93 bits per heavy atom. The second kappa shape index (κ2) is 3.71. The number of aryl methyl sites for hydroxylation is 1. The Morgan fingerprint density at radius 1 is 1.50 bits per heavy atom. The fraction of sp³-hybridized carbons (Fsp3) is 0.182. The largest absolute Gasteiger partial charge is 0.298 e. The number of thiophene rings is 1. The van der Waals surface area contributed by atoms with E-state index in [0.29, 0.717) is 9.90 Å². The molecule has 0 fully saturated rings. The van der Waals surface area contributed by atoms with Crippen molar-refractivity contribution in [3.63, 3.8) is 0 Å². The maximum atomic E-state index is 10.8. The smallest absolute Gasteiger partial charge is 0.153 e. The van der Waals surface area contributed by atoms with Crippen LogP contribution in [-0.4, -0.2) is 6.29 Å². The lowest BCUT2D eigenvalue weighted by Gasteiger charge is -1.96. The van der Waals surface area contributed by atoms with Crippen LogP contribution in [0.1, 0.15) is 22.8 Å². The van der Waals surface area contributed by atoms with Gasteiger partial charge in [0, 0.05) is 10.1 Å². The van der Waals surface area contributed by atoms with E-state index >= 15 is 0 Å². The van der Waals surface area contributed by atoms with Crippen LogP contribution in [-0.2, 0) is 6.42 Å². The van der Waals surface area contributed by atoms with E-state index in [4.69, 9.17) is 11.6 Å². The molecule has 1 nitrogen and oxygen atoms in total. The number of carbonyl (C=O) groups excluding carboxylic acids is 1. The van der Waals surface area contributed by atoms with E-state index < -0.39 is 0 Å². The number of rotatable bonds is 2. The third-order valence-corrected chi connectivity index (χ3v) is 3.68. The summed E-state index contributed by atoms with van der Waals surface area (Å²) in [6, 6.07) is 6.14. The van der Waals surface area contributed by atoms with Crippen molar-refractivity contribution in [3.8, 4) is 0 Å². The number of hydrogen-bond donors (Lipinski definition) is 0. The van der Waals surface area contributed by atoms with E-state index in [0.717, 1.165) is 22.8 Å². The number of fused-ring (bicyclic) bond motifs is 1. The van der Waals surface area contributed by atoms with Crippen LogP contribution in [0.15, 0.2) is 18.2 Å². The second-order valence-corrected chi connectivity index (χ2v) is 4.75. The molecule has 0 spiro atoms. The van der Waals surface area contributed by atoms with Gasteiger partial charge in [0.15, 0.2) is 6.29 Å². The lowest BCUT2D eigenvalue weighted by molar-refractivity contribution is 0.112. The van der Waals surface area contributed by atoms with Gasteiger partial charge in [-0.2, -0.15) is 0 Å². The molecule has 0 radical (unpaired) electrons. The summed E-state index contributed by atoms with van der Waals surface area (Å²) < 4.78 is 1.66. The molecule has 1 aromatic carbocycles. The fourth-order valence-electron chi connectivity index (χ4n) is 1.46. The summed E-state index contributed by atoms with van der Waals surface area (Å²) in [6.07, 6.45) is 1.81. The summed E-state index contributed by atoms with van der Waals surface area (Å²) in [7, 11) is 0. The highest BCUT2D eigenvalue weighted by atomic mass is 35.5. The second-order valence-electron chi connectivity index (χ2n) is 3.09. The molecule has 14 heavy (non-hydrogen) atoms. The first-order valence-electron chi connectivity index (χ1n) is 4.42. The highest BCUT2D eigenvalue weighted by Crippen LogP contribution is 2.34. The molecule has 0 aliphatic carbocycles. The molecule has 0 saturated carbocycles. The lowest BCUT2D eigenvalue weighted by Crippen LogP contribution is -1.81. The molecule has 0 unspecified atom stereocenters. The van der Waals surface area contributed by atoms with Gasteiger partial charge in [0.05, 0.1) is 5.56 Å². The van der Waals surface area contributed by atoms with Crippen LogP contribution < -0.4 is 0 Å². The Hall–Kier alpha value is -0.860. The van der Waals surface area contributed by atoms with Gasteiger partial charge >= 0.3 is 0 Å². The van der Waals surface area contributed by atoms with Crippen LogP contribution in [0.4, 0.5) is 0 Å². The van der Waals surface area contributed by atoms with Gasteiger partial charge in [0.1, 0.15) is 4.34 Å². The molecule has 0 N–H and O–H groups in total. The van der Waals surface area contributed by atoms with Crippen LogP contribution in [0.25, 0.3) is 10.1 Å². The van der Waals surface area contributed by atoms with Crippen molar-refractivity contribution in [2.24, 2.45) is 0 Å². The molecule has 1 aromatic heterocycles. The molecule has 72 valence electrons. The van der Waals surface area contributed by atoms with E-state index in [2.05, 4.69) is 13.0 Å². The summed E-state index contributed by atoms with van der Waals surface area (Å²) in [5.41, 5.74) is 1.86. The standard InChI is InChI=1S/C11H9ClOS/c1-2-7-3-4-10-8(5-7)9(6-13)11(12)14-10/h3-6H,2H2,1H3. The molecule has 3 heteroatoms. The van der Waals surface area contributed by atoms with Gasteiger partial charge in [-0.25, -0.2) is 0 Å². The summed E-state index contributed by atoms with van der Waals surface area (Å²) >= 11 is 7.41. The van der Waals surface area contributed by atoms with Crippen LogP contribution in [0.3, 0.4) is 0 Å². The third-order valence-electron chi connectivity index (χ3n) is 2.27. The Balaban J connectivity index is 2.77. The molecule has 0 atom stereocenters. The molecule has 1 heterocycles. The van der Waals surface area contributed by atoms with Gasteiger partial charge in [-0.05, 0) is 24.1 Å². The van der Waals surface area contributed by atoms with Crippen LogP contribution in [0.5, 0.6) is 0 Å². The number of benzene rings is 1. The zero-order valence-corrected chi connectivity index (χ0v) is 9.28. The molecule has 0 amide bonds. The molecule has 2 rings (SSSR count). The molecular weight excluding hydrogens is 216 g/mol. The SMILES string of the molecule is CCc1ccc2sc(Cl)c(C=O)c2c1. The fourth-order valence-corrected chi connectivity index (χ4v) is 2.74. The lowest BCUT2D eigenvalue weighted by atomic mass is 10.1. The van der Waals surface area contributed by atoms with E-state index in [9.17, 15) is 4.79 Å². The number of carbonyl (C=O) groups is 1. The molecule has 2 aromatic rings. The van der Waals surface area contributed by atoms with E-state index in [1.165, 1.54) is 16.9 Å². The van der Waals surface area contributed by atoms with Crippen molar-refractivity contribution in [2.75, 3.05) is 0 Å². The van der Waals surface area contributed by atoms with Crippen LogP contribution in [0, 0.1) is 0 Å². The van der Waals surface area contributed by atoms with Crippen molar-refractivity contribution in [1.29, 1.82) is 0 Å². The Labute approximate surface area is 91.3 Å². The summed E-state index contributed by atoms with van der Waals surface area (Å²) in [5, 5.41) is 0.981. The molecule has 0 bridgehead atoms. The van der Waals surface area contributed by atoms with Crippen molar-refractivity contribution >= 4 is 39.3 Å². The number of halogens is 1. The molecule has 0 aliphatic rings. The first kappa shape index (κ1) is 9.69. The number of hydrogen-bond acceptors (Lipinski definition) is 2. The molecular formula is C11H9ClOS.